The van der Waals surface area contributed by atoms with Gasteiger partial charge >= 0.3 is 0 Å². The number of ether oxygens (including phenoxy) is 1. The number of hydrogen-bond acceptors (Lipinski definition) is 5. The van der Waals surface area contributed by atoms with E-state index in [2.05, 4.69) is 0 Å². The lowest BCUT2D eigenvalue weighted by atomic mass is 10.1. The van der Waals surface area contributed by atoms with Gasteiger partial charge in [0, 0.05) is 6.26 Å². The molecule has 0 aromatic heterocycles. The molecule has 0 amide bonds. The van der Waals surface area contributed by atoms with Gasteiger partial charge in [-0.05, 0) is 37.5 Å². The van der Waals surface area contributed by atoms with E-state index in [9.17, 15) is 16.8 Å². The highest BCUT2D eigenvalue weighted by atomic mass is 32.2. The van der Waals surface area contributed by atoms with Crippen molar-refractivity contribution < 1.29 is 21.6 Å². The molecule has 0 heterocycles. The van der Waals surface area contributed by atoms with E-state index in [4.69, 9.17) is 9.88 Å². The van der Waals surface area contributed by atoms with Crippen LogP contribution >= 0.6 is 0 Å². The lowest BCUT2D eigenvalue weighted by Gasteiger charge is -2.14. The Hall–Kier alpha value is -1.12. The normalized spacial score (nSPS) is 12.4. The van der Waals surface area contributed by atoms with Crippen molar-refractivity contribution in [3.63, 3.8) is 0 Å². The molecule has 0 unspecified atom stereocenters. The Morgan fingerprint density at radius 1 is 1.15 bits per heavy atom. The van der Waals surface area contributed by atoms with Crippen molar-refractivity contribution in [3.8, 4) is 5.75 Å². The molecule has 114 valence electrons. The van der Waals surface area contributed by atoms with E-state index in [0.29, 0.717) is 5.56 Å². The van der Waals surface area contributed by atoms with Crippen molar-refractivity contribution in [3.05, 3.63) is 23.3 Å². The molecule has 0 spiro atoms. The van der Waals surface area contributed by atoms with E-state index in [1.54, 1.807) is 19.9 Å². The number of nitrogens with two attached hydrogens (primary N) is 1. The molecule has 6 nitrogen and oxygen atoms in total. The van der Waals surface area contributed by atoms with Crippen LogP contribution in [0.25, 0.3) is 0 Å². The lowest BCUT2D eigenvalue weighted by Crippen LogP contribution is -2.16. The summed E-state index contributed by atoms with van der Waals surface area (Å²) in [6.07, 6.45) is 1.43. The second-order valence-electron chi connectivity index (χ2n) is 4.79. The van der Waals surface area contributed by atoms with E-state index in [0.717, 1.165) is 11.8 Å². The minimum absolute atomic E-state index is 0.0113. The Kier molecular flexibility index (Phi) is 5.17. The fraction of sp³-hybridized carbons (Fsp3) is 0.500. The molecule has 0 aliphatic heterocycles. The molecule has 0 fully saturated rings. The Bertz CT molecular complexity index is 693. The second-order valence-corrected chi connectivity index (χ2v) is 8.58. The second kappa shape index (κ2) is 6.11. The molecule has 1 aromatic rings. The van der Waals surface area contributed by atoms with Crippen LogP contribution in [-0.4, -0.2) is 35.5 Å². The van der Waals surface area contributed by atoms with Crippen LogP contribution in [0.3, 0.4) is 0 Å². The third kappa shape index (κ3) is 5.10. The quantitative estimate of drug-likeness (QED) is 0.779. The smallest absolute Gasteiger partial charge is 0.241 e. The summed E-state index contributed by atoms with van der Waals surface area (Å²) >= 11 is 0. The molecule has 8 heteroatoms. The molecule has 0 saturated heterocycles. The number of sulfone groups is 1. The SMILES string of the molecule is Cc1cc(C)c(OCCCS(C)(=O)=O)c(S(N)(=O)=O)c1. The number of rotatable bonds is 6. The number of primary sulfonamides is 1. The van der Waals surface area contributed by atoms with Crippen LogP contribution in [0.1, 0.15) is 17.5 Å². The largest absolute Gasteiger partial charge is 0.492 e. The zero-order valence-electron chi connectivity index (χ0n) is 11.7. The average Bonchev–Trinajstić information content (AvgIpc) is 2.23. The number of sulfonamides is 1. The van der Waals surface area contributed by atoms with Gasteiger partial charge in [-0.3, -0.25) is 0 Å². The Morgan fingerprint density at radius 3 is 2.25 bits per heavy atom. The molecule has 0 saturated carbocycles. The van der Waals surface area contributed by atoms with Gasteiger partial charge in [-0.1, -0.05) is 6.07 Å². The summed E-state index contributed by atoms with van der Waals surface area (Å²) in [7, 11) is -6.94. The van der Waals surface area contributed by atoms with Crippen molar-refractivity contribution in [1.29, 1.82) is 0 Å². The highest BCUT2D eigenvalue weighted by Crippen LogP contribution is 2.28. The van der Waals surface area contributed by atoms with E-state index in [-0.39, 0.29) is 29.4 Å². The van der Waals surface area contributed by atoms with Crippen LogP contribution in [-0.2, 0) is 19.9 Å². The zero-order valence-corrected chi connectivity index (χ0v) is 13.3. The summed E-state index contributed by atoms with van der Waals surface area (Å²) < 4.78 is 50.5. The standard InChI is InChI=1S/C12H19NO5S2/c1-9-7-10(2)12(11(8-9)20(13,16)17)18-5-4-6-19(3,14)15/h7-8H,4-6H2,1-3H3,(H2,13,16,17). The summed E-state index contributed by atoms with van der Waals surface area (Å²) in [5.41, 5.74) is 1.41. The number of benzene rings is 1. The van der Waals surface area contributed by atoms with Gasteiger partial charge in [0.1, 0.15) is 20.5 Å². The first-order chi connectivity index (χ1) is 9.00. The van der Waals surface area contributed by atoms with Crippen LogP contribution in [0.15, 0.2) is 17.0 Å². The summed E-state index contributed by atoms with van der Waals surface area (Å²) in [5, 5.41) is 5.17. The van der Waals surface area contributed by atoms with E-state index in [1.165, 1.54) is 6.07 Å². The Labute approximate surface area is 119 Å². The minimum Gasteiger partial charge on any atom is -0.492 e. The topological polar surface area (TPSA) is 104 Å². The summed E-state index contributed by atoms with van der Waals surface area (Å²) in [6.45, 7) is 3.59. The van der Waals surface area contributed by atoms with Crippen LogP contribution in [0.4, 0.5) is 0 Å². The molecular formula is C12H19NO5S2. The Balaban J connectivity index is 2.95. The summed E-state index contributed by atoms with van der Waals surface area (Å²) in [5.74, 6) is 0.175. The molecule has 0 aliphatic rings. The first kappa shape index (κ1) is 16.9. The number of aryl methyl sites for hydroxylation is 2. The van der Waals surface area contributed by atoms with Crippen LogP contribution < -0.4 is 9.88 Å². The summed E-state index contributed by atoms with van der Waals surface area (Å²) in [4.78, 5) is -0.0747. The van der Waals surface area contributed by atoms with Gasteiger partial charge in [0.2, 0.25) is 10.0 Å². The molecule has 0 atom stereocenters. The third-order valence-corrected chi connectivity index (χ3v) is 4.54. The fourth-order valence-electron chi connectivity index (χ4n) is 1.81. The van der Waals surface area contributed by atoms with Gasteiger partial charge in [0.05, 0.1) is 12.4 Å². The molecule has 2 N–H and O–H groups in total. The molecule has 0 aliphatic carbocycles. The van der Waals surface area contributed by atoms with Gasteiger partial charge in [0.15, 0.2) is 0 Å². The first-order valence-corrected chi connectivity index (χ1v) is 9.56. The molecule has 20 heavy (non-hydrogen) atoms. The van der Waals surface area contributed by atoms with E-state index in [1.807, 2.05) is 0 Å². The van der Waals surface area contributed by atoms with Crippen molar-refractivity contribution in [2.24, 2.45) is 5.14 Å². The highest BCUT2D eigenvalue weighted by Gasteiger charge is 2.18. The predicted octanol–water partition coefficient (Wildman–Crippen LogP) is 0.764. The summed E-state index contributed by atoms with van der Waals surface area (Å²) in [6, 6.07) is 3.22. The van der Waals surface area contributed by atoms with Gasteiger partial charge in [-0.25, -0.2) is 22.0 Å². The van der Waals surface area contributed by atoms with Gasteiger partial charge in [-0.15, -0.1) is 0 Å². The van der Waals surface area contributed by atoms with Crippen LogP contribution in [0, 0.1) is 13.8 Å². The van der Waals surface area contributed by atoms with Crippen molar-refractivity contribution in [2.75, 3.05) is 18.6 Å². The maximum atomic E-state index is 11.6. The predicted molar refractivity (Wildman–Crippen MR) is 77.1 cm³/mol. The minimum atomic E-state index is -3.89. The van der Waals surface area contributed by atoms with Gasteiger partial charge in [-0.2, -0.15) is 0 Å². The monoisotopic (exact) mass is 321 g/mol. The van der Waals surface area contributed by atoms with Crippen LogP contribution in [0.5, 0.6) is 5.75 Å². The van der Waals surface area contributed by atoms with E-state index < -0.39 is 19.9 Å². The highest BCUT2D eigenvalue weighted by molar-refractivity contribution is 7.90. The molecular weight excluding hydrogens is 302 g/mol. The zero-order chi connectivity index (χ0) is 15.6. The lowest BCUT2D eigenvalue weighted by molar-refractivity contribution is 0.307. The molecule has 1 rings (SSSR count). The maximum Gasteiger partial charge on any atom is 0.241 e. The molecule has 1 aromatic carbocycles. The van der Waals surface area contributed by atoms with Crippen LogP contribution in [0.2, 0.25) is 0 Å². The van der Waals surface area contributed by atoms with Crippen molar-refractivity contribution >= 4 is 19.9 Å². The number of hydrogen-bond donors (Lipinski definition) is 1. The maximum absolute atomic E-state index is 11.6. The van der Waals surface area contributed by atoms with Crippen molar-refractivity contribution in [1.82, 2.24) is 0 Å². The average molecular weight is 321 g/mol. The van der Waals surface area contributed by atoms with E-state index >= 15 is 0 Å². The fourth-order valence-corrected chi connectivity index (χ4v) is 3.28. The Morgan fingerprint density at radius 2 is 1.75 bits per heavy atom. The molecule has 0 radical (unpaired) electrons. The first-order valence-electron chi connectivity index (χ1n) is 5.95. The van der Waals surface area contributed by atoms with Gasteiger partial charge in [0.25, 0.3) is 0 Å². The molecule has 0 bridgehead atoms. The third-order valence-electron chi connectivity index (χ3n) is 2.60. The van der Waals surface area contributed by atoms with Gasteiger partial charge < -0.3 is 4.74 Å². The van der Waals surface area contributed by atoms with Crippen molar-refractivity contribution in [2.45, 2.75) is 25.2 Å².